The van der Waals surface area contributed by atoms with Gasteiger partial charge in [0.25, 0.3) is 0 Å². The molecule has 0 bridgehead atoms. The molecule has 0 unspecified atom stereocenters. The molecule has 1 fully saturated rings. The molecule has 1 saturated heterocycles. The molecule has 1 N–H and O–H groups in total. The van der Waals surface area contributed by atoms with Gasteiger partial charge in [0.15, 0.2) is 0 Å². The maximum Gasteiger partial charge on any atom is 0.244 e. The van der Waals surface area contributed by atoms with E-state index in [0.717, 1.165) is 19.4 Å². The van der Waals surface area contributed by atoms with E-state index in [1.54, 1.807) is 6.07 Å². The van der Waals surface area contributed by atoms with Crippen LogP contribution in [-0.4, -0.2) is 16.7 Å². The molecule has 2 aromatic rings. The van der Waals surface area contributed by atoms with Gasteiger partial charge in [-0.3, -0.25) is 0 Å². The van der Waals surface area contributed by atoms with E-state index in [0.29, 0.717) is 21.8 Å². The van der Waals surface area contributed by atoms with Gasteiger partial charge in [0, 0.05) is 10.0 Å². The largest absolute Gasteiger partial charge is 0.337 e. The summed E-state index contributed by atoms with van der Waals surface area (Å²) in [5.41, 5.74) is 0.606. The van der Waals surface area contributed by atoms with Crippen molar-refractivity contribution < 1.29 is 8.91 Å². The van der Waals surface area contributed by atoms with Crippen LogP contribution in [0, 0.1) is 5.82 Å². The van der Waals surface area contributed by atoms with Crippen LogP contribution in [0.1, 0.15) is 24.8 Å². The zero-order valence-electron chi connectivity index (χ0n) is 9.49. The molecule has 1 aromatic carbocycles. The highest BCUT2D eigenvalue weighted by Gasteiger charge is 2.22. The molecule has 2 heterocycles. The number of hydrogen-bond donors (Lipinski definition) is 1. The van der Waals surface area contributed by atoms with E-state index in [2.05, 4.69) is 31.4 Å². The van der Waals surface area contributed by atoms with Crippen LogP contribution in [0.4, 0.5) is 4.39 Å². The molecule has 94 valence electrons. The summed E-state index contributed by atoms with van der Waals surface area (Å²) < 4.78 is 19.2. The minimum atomic E-state index is -0.329. The van der Waals surface area contributed by atoms with Crippen molar-refractivity contribution in [1.29, 1.82) is 0 Å². The Hall–Kier alpha value is -1.27. The van der Waals surface area contributed by atoms with Gasteiger partial charge in [-0.15, -0.1) is 0 Å². The first-order valence-electron chi connectivity index (χ1n) is 5.76. The molecule has 0 saturated carbocycles. The number of halogens is 2. The van der Waals surface area contributed by atoms with E-state index in [1.807, 2.05) is 0 Å². The quantitative estimate of drug-likeness (QED) is 0.926. The van der Waals surface area contributed by atoms with Crippen LogP contribution >= 0.6 is 15.9 Å². The summed E-state index contributed by atoms with van der Waals surface area (Å²) in [4.78, 5) is 4.32. The number of hydrogen-bond acceptors (Lipinski definition) is 4. The summed E-state index contributed by atoms with van der Waals surface area (Å²) in [6.07, 6.45) is 2.10. The molecule has 0 amide bonds. The lowest BCUT2D eigenvalue weighted by atomic mass is 10.2. The lowest BCUT2D eigenvalue weighted by Crippen LogP contribution is -2.12. The summed E-state index contributed by atoms with van der Waals surface area (Å²) >= 11 is 3.24. The SMILES string of the molecule is Fc1cc(Br)cc(-c2noc([C@@H]3CCCN3)n2)c1. The van der Waals surface area contributed by atoms with Crippen LogP contribution < -0.4 is 5.32 Å². The standard InChI is InChI=1S/C12H11BrFN3O/c13-8-4-7(5-9(14)6-8)11-16-12(18-17-11)10-2-1-3-15-10/h4-6,10,15H,1-3H2/t10-/m0/s1. The second-order valence-corrected chi connectivity index (χ2v) is 5.18. The van der Waals surface area contributed by atoms with Gasteiger partial charge in [0.1, 0.15) is 5.82 Å². The third-order valence-corrected chi connectivity index (χ3v) is 3.38. The van der Waals surface area contributed by atoms with E-state index in [9.17, 15) is 4.39 Å². The fourth-order valence-electron chi connectivity index (χ4n) is 2.07. The molecule has 0 spiro atoms. The van der Waals surface area contributed by atoms with Gasteiger partial charge in [0.2, 0.25) is 11.7 Å². The molecule has 6 heteroatoms. The Bertz CT molecular complexity index is 546. The molecule has 3 rings (SSSR count). The van der Waals surface area contributed by atoms with Gasteiger partial charge < -0.3 is 9.84 Å². The minimum Gasteiger partial charge on any atom is -0.337 e. The summed E-state index contributed by atoms with van der Waals surface area (Å²) in [6.45, 7) is 0.966. The molecule has 1 aliphatic heterocycles. The van der Waals surface area contributed by atoms with E-state index < -0.39 is 0 Å². The number of benzene rings is 1. The van der Waals surface area contributed by atoms with E-state index in [4.69, 9.17) is 4.52 Å². The average Bonchev–Trinajstić information content (AvgIpc) is 2.99. The van der Waals surface area contributed by atoms with Crippen molar-refractivity contribution >= 4 is 15.9 Å². The first-order chi connectivity index (χ1) is 8.72. The first-order valence-corrected chi connectivity index (χ1v) is 6.55. The molecule has 4 nitrogen and oxygen atoms in total. The maximum absolute atomic E-state index is 13.3. The van der Waals surface area contributed by atoms with Crippen LogP contribution in [0.2, 0.25) is 0 Å². The molecule has 1 aliphatic rings. The summed E-state index contributed by atoms with van der Waals surface area (Å²) in [7, 11) is 0. The Kier molecular flexibility index (Phi) is 3.13. The van der Waals surface area contributed by atoms with Crippen molar-refractivity contribution in [1.82, 2.24) is 15.5 Å². The van der Waals surface area contributed by atoms with Crippen molar-refractivity contribution in [2.24, 2.45) is 0 Å². The normalized spacial score (nSPS) is 19.3. The van der Waals surface area contributed by atoms with Gasteiger partial charge in [0.05, 0.1) is 6.04 Å². The smallest absolute Gasteiger partial charge is 0.244 e. The molecule has 1 atom stereocenters. The Morgan fingerprint density at radius 1 is 1.39 bits per heavy atom. The van der Waals surface area contributed by atoms with Gasteiger partial charge in [-0.2, -0.15) is 4.98 Å². The Balaban J connectivity index is 1.92. The minimum absolute atomic E-state index is 0.128. The fourth-order valence-corrected chi connectivity index (χ4v) is 2.54. The van der Waals surface area contributed by atoms with Gasteiger partial charge >= 0.3 is 0 Å². The monoisotopic (exact) mass is 311 g/mol. The van der Waals surface area contributed by atoms with Gasteiger partial charge in [-0.1, -0.05) is 21.1 Å². The first kappa shape index (κ1) is 11.8. The lowest BCUT2D eigenvalue weighted by Gasteiger charge is -2.01. The van der Waals surface area contributed by atoms with Crippen LogP contribution in [0.5, 0.6) is 0 Å². The summed E-state index contributed by atoms with van der Waals surface area (Å²) in [6, 6.07) is 4.67. The third kappa shape index (κ3) is 2.30. The van der Waals surface area contributed by atoms with Crippen LogP contribution in [0.25, 0.3) is 11.4 Å². The highest BCUT2D eigenvalue weighted by molar-refractivity contribution is 9.10. The maximum atomic E-state index is 13.3. The molecule has 18 heavy (non-hydrogen) atoms. The van der Waals surface area contributed by atoms with E-state index in [1.165, 1.54) is 12.1 Å². The highest BCUT2D eigenvalue weighted by Crippen LogP contribution is 2.26. The lowest BCUT2D eigenvalue weighted by molar-refractivity contribution is 0.345. The predicted molar refractivity (Wildman–Crippen MR) is 67.4 cm³/mol. The molecule has 1 aromatic heterocycles. The van der Waals surface area contributed by atoms with Crippen molar-refractivity contribution in [3.63, 3.8) is 0 Å². The molecule has 0 radical (unpaired) electrons. The third-order valence-electron chi connectivity index (χ3n) is 2.92. The second-order valence-electron chi connectivity index (χ2n) is 4.26. The molecule has 0 aliphatic carbocycles. The fraction of sp³-hybridized carbons (Fsp3) is 0.333. The van der Waals surface area contributed by atoms with E-state index >= 15 is 0 Å². The average molecular weight is 312 g/mol. The Morgan fingerprint density at radius 3 is 3.00 bits per heavy atom. The zero-order valence-corrected chi connectivity index (χ0v) is 11.1. The molecular formula is C12H11BrFN3O. The van der Waals surface area contributed by atoms with Crippen molar-refractivity contribution in [3.8, 4) is 11.4 Å². The van der Waals surface area contributed by atoms with Gasteiger partial charge in [-0.25, -0.2) is 4.39 Å². The highest BCUT2D eigenvalue weighted by atomic mass is 79.9. The van der Waals surface area contributed by atoms with Crippen LogP contribution in [-0.2, 0) is 0 Å². The predicted octanol–water partition coefficient (Wildman–Crippen LogP) is 3.06. The molecular weight excluding hydrogens is 301 g/mol. The number of aromatic nitrogens is 2. The van der Waals surface area contributed by atoms with Gasteiger partial charge in [-0.05, 0) is 37.6 Å². The second kappa shape index (κ2) is 4.78. The topological polar surface area (TPSA) is 51.0 Å². The van der Waals surface area contributed by atoms with Crippen molar-refractivity contribution in [3.05, 3.63) is 34.4 Å². The zero-order chi connectivity index (χ0) is 12.5. The van der Waals surface area contributed by atoms with Crippen LogP contribution in [0.15, 0.2) is 27.2 Å². The number of nitrogens with zero attached hydrogens (tertiary/aromatic N) is 2. The van der Waals surface area contributed by atoms with Crippen LogP contribution in [0.3, 0.4) is 0 Å². The Morgan fingerprint density at radius 2 is 2.28 bits per heavy atom. The number of nitrogens with one attached hydrogen (secondary N) is 1. The van der Waals surface area contributed by atoms with Crippen molar-refractivity contribution in [2.45, 2.75) is 18.9 Å². The Labute approximate surface area is 112 Å². The number of rotatable bonds is 2. The van der Waals surface area contributed by atoms with Crippen molar-refractivity contribution in [2.75, 3.05) is 6.54 Å². The summed E-state index contributed by atoms with van der Waals surface area (Å²) in [5.74, 6) is 0.659. The summed E-state index contributed by atoms with van der Waals surface area (Å²) in [5, 5.41) is 7.18. The van der Waals surface area contributed by atoms with E-state index in [-0.39, 0.29) is 11.9 Å².